The quantitative estimate of drug-likeness (QED) is 0.592. The molecular weight excluding hydrogens is 370 g/mol. The summed E-state index contributed by atoms with van der Waals surface area (Å²) in [7, 11) is 0. The van der Waals surface area contributed by atoms with Gasteiger partial charge in [-0.05, 0) is 35.6 Å². The molecule has 6 heteroatoms. The van der Waals surface area contributed by atoms with Gasteiger partial charge in [0, 0.05) is 17.1 Å². The highest BCUT2D eigenvalue weighted by Gasteiger charge is 2.23. The van der Waals surface area contributed by atoms with E-state index in [1.165, 1.54) is 11.1 Å². The second-order valence-electron chi connectivity index (χ2n) is 6.12. The molecule has 1 aliphatic heterocycles. The second kappa shape index (κ2) is 6.03. The molecule has 0 aliphatic carbocycles. The van der Waals surface area contributed by atoms with Crippen LogP contribution < -0.4 is 16.4 Å². The van der Waals surface area contributed by atoms with Gasteiger partial charge in [0.2, 0.25) is 0 Å². The van der Waals surface area contributed by atoms with Gasteiger partial charge >= 0.3 is 11.1 Å². The van der Waals surface area contributed by atoms with Crippen LogP contribution in [0.25, 0.3) is 11.0 Å². The van der Waals surface area contributed by atoms with Crippen LogP contribution in [-0.2, 0) is 19.4 Å². The topological polar surface area (TPSA) is 77.8 Å². The standard InChI is InChI=1S/C18H16BrN3O2/c19-14-8-15-16(22-18(24)17(23)21-15)13-9-20-11(7-12(13)14)6-10-4-2-1-3-5-10/h1-5,8,11,20H,6-7,9H2,(H,21,23)(H,22,24). The molecule has 5 nitrogen and oxygen atoms in total. The molecule has 3 N–H and O–H groups in total. The van der Waals surface area contributed by atoms with Crippen molar-refractivity contribution in [3.05, 3.63) is 78.3 Å². The van der Waals surface area contributed by atoms with Crippen LogP contribution in [0.1, 0.15) is 16.7 Å². The van der Waals surface area contributed by atoms with Crippen molar-refractivity contribution in [3.63, 3.8) is 0 Å². The van der Waals surface area contributed by atoms with E-state index in [1.807, 2.05) is 12.1 Å². The lowest BCUT2D eigenvalue weighted by Crippen LogP contribution is -2.38. The Morgan fingerprint density at radius 3 is 2.58 bits per heavy atom. The average molecular weight is 386 g/mol. The normalized spacial score (nSPS) is 17.0. The summed E-state index contributed by atoms with van der Waals surface area (Å²) in [5, 5.41) is 3.54. The average Bonchev–Trinajstić information content (AvgIpc) is 2.58. The number of halogens is 1. The molecule has 0 saturated carbocycles. The molecule has 2 aromatic carbocycles. The fourth-order valence-electron chi connectivity index (χ4n) is 3.36. The van der Waals surface area contributed by atoms with Crippen LogP contribution in [0.15, 0.2) is 50.5 Å². The largest absolute Gasteiger partial charge is 0.316 e. The number of H-pyrrole nitrogens is 2. The lowest BCUT2D eigenvalue weighted by Gasteiger charge is -2.28. The number of hydrogen-bond donors (Lipinski definition) is 3. The molecule has 1 atom stereocenters. The second-order valence-corrected chi connectivity index (χ2v) is 6.97. The van der Waals surface area contributed by atoms with E-state index in [9.17, 15) is 9.59 Å². The van der Waals surface area contributed by atoms with Crippen LogP contribution in [-0.4, -0.2) is 16.0 Å². The minimum absolute atomic E-state index is 0.336. The number of hydrogen-bond acceptors (Lipinski definition) is 3. The van der Waals surface area contributed by atoms with Crippen LogP contribution in [0.2, 0.25) is 0 Å². The summed E-state index contributed by atoms with van der Waals surface area (Å²) in [6, 6.07) is 12.6. The predicted octanol–water partition coefficient (Wildman–Crippen LogP) is 2.24. The number of aromatic nitrogens is 2. The summed E-state index contributed by atoms with van der Waals surface area (Å²) in [5.41, 5.74) is 3.64. The minimum atomic E-state index is -0.625. The zero-order valence-electron chi connectivity index (χ0n) is 12.9. The molecule has 1 aliphatic rings. The molecule has 0 fully saturated rings. The molecular formula is C18H16BrN3O2. The monoisotopic (exact) mass is 385 g/mol. The third-order valence-corrected chi connectivity index (χ3v) is 5.24. The number of fused-ring (bicyclic) bond motifs is 3. The Labute approximate surface area is 146 Å². The Kier molecular flexibility index (Phi) is 3.86. The smallest absolute Gasteiger partial charge is 0.314 e. The van der Waals surface area contributed by atoms with Crippen molar-refractivity contribution in [2.45, 2.75) is 25.4 Å². The molecule has 0 amide bonds. The fraction of sp³-hybridized carbons (Fsp3) is 0.222. The molecule has 2 heterocycles. The first-order valence-corrected chi connectivity index (χ1v) is 8.65. The zero-order chi connectivity index (χ0) is 16.7. The molecule has 122 valence electrons. The van der Waals surface area contributed by atoms with Gasteiger partial charge in [0.05, 0.1) is 11.0 Å². The molecule has 1 unspecified atom stereocenters. The molecule has 3 aromatic rings. The first kappa shape index (κ1) is 15.4. The summed E-state index contributed by atoms with van der Waals surface area (Å²) in [6.45, 7) is 0.657. The van der Waals surface area contributed by atoms with Gasteiger partial charge in [-0.15, -0.1) is 0 Å². The maximum absolute atomic E-state index is 11.7. The van der Waals surface area contributed by atoms with Gasteiger partial charge in [-0.3, -0.25) is 9.59 Å². The number of aromatic amines is 2. The van der Waals surface area contributed by atoms with E-state index >= 15 is 0 Å². The highest BCUT2D eigenvalue weighted by molar-refractivity contribution is 9.10. The SMILES string of the molecule is O=c1[nH]c2cc(Br)c3c(c2[nH]c1=O)CNC(Cc1ccccc1)C3. The summed E-state index contributed by atoms with van der Waals surface area (Å²) in [5.74, 6) is 0. The van der Waals surface area contributed by atoms with Gasteiger partial charge in [-0.2, -0.15) is 0 Å². The highest BCUT2D eigenvalue weighted by atomic mass is 79.9. The van der Waals surface area contributed by atoms with Crippen LogP contribution in [0.3, 0.4) is 0 Å². The molecule has 4 rings (SSSR count). The highest BCUT2D eigenvalue weighted by Crippen LogP contribution is 2.31. The van der Waals surface area contributed by atoms with E-state index in [4.69, 9.17) is 0 Å². The zero-order valence-corrected chi connectivity index (χ0v) is 14.4. The summed E-state index contributed by atoms with van der Waals surface area (Å²) in [6.07, 6.45) is 1.81. The molecule has 0 saturated heterocycles. The first-order chi connectivity index (χ1) is 11.6. The Hall–Kier alpha value is -2.18. The molecule has 0 bridgehead atoms. The predicted molar refractivity (Wildman–Crippen MR) is 97.4 cm³/mol. The Morgan fingerprint density at radius 1 is 1.04 bits per heavy atom. The molecule has 24 heavy (non-hydrogen) atoms. The molecule has 1 aromatic heterocycles. The Morgan fingerprint density at radius 2 is 1.79 bits per heavy atom. The van der Waals surface area contributed by atoms with E-state index < -0.39 is 11.1 Å². The van der Waals surface area contributed by atoms with Crippen molar-refractivity contribution in [3.8, 4) is 0 Å². The maximum Gasteiger partial charge on any atom is 0.314 e. The van der Waals surface area contributed by atoms with Gasteiger partial charge < -0.3 is 15.3 Å². The van der Waals surface area contributed by atoms with E-state index in [1.54, 1.807) is 0 Å². The van der Waals surface area contributed by atoms with Crippen molar-refractivity contribution in [1.29, 1.82) is 0 Å². The van der Waals surface area contributed by atoms with Gasteiger partial charge in [0.15, 0.2) is 0 Å². The van der Waals surface area contributed by atoms with Gasteiger partial charge in [0.25, 0.3) is 0 Å². The van der Waals surface area contributed by atoms with Crippen LogP contribution in [0, 0.1) is 0 Å². The third-order valence-electron chi connectivity index (χ3n) is 4.53. The van der Waals surface area contributed by atoms with Crippen LogP contribution in [0.5, 0.6) is 0 Å². The van der Waals surface area contributed by atoms with Crippen molar-refractivity contribution >= 4 is 27.0 Å². The van der Waals surface area contributed by atoms with E-state index in [0.29, 0.717) is 23.6 Å². The first-order valence-electron chi connectivity index (χ1n) is 7.85. The van der Waals surface area contributed by atoms with Crippen LogP contribution >= 0.6 is 15.9 Å². The maximum atomic E-state index is 11.7. The van der Waals surface area contributed by atoms with Gasteiger partial charge in [-0.1, -0.05) is 46.3 Å². The van der Waals surface area contributed by atoms with E-state index in [-0.39, 0.29) is 0 Å². The van der Waals surface area contributed by atoms with E-state index in [2.05, 4.69) is 55.5 Å². The number of nitrogens with one attached hydrogen (secondary N) is 3. The third kappa shape index (κ3) is 2.72. The summed E-state index contributed by atoms with van der Waals surface area (Å²) < 4.78 is 0.965. The van der Waals surface area contributed by atoms with Crippen molar-refractivity contribution in [1.82, 2.24) is 15.3 Å². The number of rotatable bonds is 2. The fourth-order valence-corrected chi connectivity index (χ4v) is 3.99. The Bertz CT molecular complexity index is 1020. The van der Waals surface area contributed by atoms with Gasteiger partial charge in [-0.25, -0.2) is 0 Å². The van der Waals surface area contributed by atoms with Crippen molar-refractivity contribution in [2.24, 2.45) is 0 Å². The summed E-state index contributed by atoms with van der Waals surface area (Å²) in [4.78, 5) is 28.6. The van der Waals surface area contributed by atoms with E-state index in [0.717, 1.165) is 22.9 Å². The van der Waals surface area contributed by atoms with Crippen LogP contribution in [0.4, 0.5) is 0 Å². The van der Waals surface area contributed by atoms with Crippen molar-refractivity contribution < 1.29 is 0 Å². The Balaban J connectivity index is 1.73. The lowest BCUT2D eigenvalue weighted by atomic mass is 9.91. The number of benzene rings is 2. The lowest BCUT2D eigenvalue weighted by molar-refractivity contribution is 0.477. The van der Waals surface area contributed by atoms with Crippen molar-refractivity contribution in [2.75, 3.05) is 0 Å². The minimum Gasteiger partial charge on any atom is -0.316 e. The van der Waals surface area contributed by atoms with Gasteiger partial charge in [0.1, 0.15) is 0 Å². The molecule has 0 radical (unpaired) electrons. The summed E-state index contributed by atoms with van der Waals surface area (Å²) >= 11 is 3.62. The molecule has 0 spiro atoms.